The SMILES string of the molecule is Cc1cc(NC(c2cccc([N+](=O)[O-])c2)c2ccc3cccnc3c2O)no1. The van der Waals surface area contributed by atoms with E-state index in [1.807, 2.05) is 12.1 Å². The average molecular weight is 376 g/mol. The predicted molar refractivity (Wildman–Crippen MR) is 103 cm³/mol. The number of pyridine rings is 1. The highest BCUT2D eigenvalue weighted by molar-refractivity contribution is 5.86. The van der Waals surface area contributed by atoms with Crippen LogP contribution < -0.4 is 5.32 Å². The molecule has 0 spiro atoms. The fraction of sp³-hybridized carbons (Fsp3) is 0.100. The van der Waals surface area contributed by atoms with E-state index in [9.17, 15) is 15.2 Å². The largest absolute Gasteiger partial charge is 0.505 e. The Morgan fingerprint density at radius 3 is 2.79 bits per heavy atom. The summed E-state index contributed by atoms with van der Waals surface area (Å²) in [6, 6.07) is 14.6. The molecule has 0 aliphatic heterocycles. The first-order valence-corrected chi connectivity index (χ1v) is 8.54. The minimum Gasteiger partial charge on any atom is -0.505 e. The summed E-state index contributed by atoms with van der Waals surface area (Å²) in [7, 11) is 0. The van der Waals surface area contributed by atoms with Gasteiger partial charge in [-0.1, -0.05) is 35.5 Å². The summed E-state index contributed by atoms with van der Waals surface area (Å²) in [5.41, 5.74) is 1.53. The molecule has 2 aromatic carbocycles. The summed E-state index contributed by atoms with van der Waals surface area (Å²) < 4.78 is 5.10. The van der Waals surface area contributed by atoms with Crippen molar-refractivity contribution in [2.75, 3.05) is 5.32 Å². The maximum absolute atomic E-state index is 11.2. The monoisotopic (exact) mass is 376 g/mol. The Hall–Kier alpha value is -3.94. The van der Waals surface area contributed by atoms with E-state index in [1.54, 1.807) is 43.5 Å². The lowest BCUT2D eigenvalue weighted by Gasteiger charge is -2.20. The van der Waals surface area contributed by atoms with Crippen molar-refractivity contribution in [1.82, 2.24) is 10.1 Å². The first kappa shape index (κ1) is 17.5. The Labute approximate surface area is 159 Å². The van der Waals surface area contributed by atoms with Crippen molar-refractivity contribution in [3.8, 4) is 5.75 Å². The molecular formula is C20H16N4O4. The van der Waals surface area contributed by atoms with Crippen LogP contribution in [0.1, 0.15) is 22.9 Å². The highest BCUT2D eigenvalue weighted by Crippen LogP contribution is 2.37. The maximum Gasteiger partial charge on any atom is 0.269 e. The van der Waals surface area contributed by atoms with E-state index in [1.165, 1.54) is 12.1 Å². The number of benzene rings is 2. The second kappa shape index (κ2) is 6.99. The zero-order chi connectivity index (χ0) is 19.7. The van der Waals surface area contributed by atoms with Gasteiger partial charge in [0.2, 0.25) is 0 Å². The molecule has 0 fully saturated rings. The van der Waals surface area contributed by atoms with Crippen LogP contribution in [0.2, 0.25) is 0 Å². The molecule has 140 valence electrons. The molecule has 2 heterocycles. The molecule has 28 heavy (non-hydrogen) atoms. The third kappa shape index (κ3) is 3.23. The van der Waals surface area contributed by atoms with Gasteiger partial charge in [0, 0.05) is 35.3 Å². The third-order valence-electron chi connectivity index (χ3n) is 4.42. The van der Waals surface area contributed by atoms with E-state index in [2.05, 4.69) is 15.5 Å². The molecule has 4 rings (SSSR count). The molecule has 0 aliphatic carbocycles. The molecule has 0 amide bonds. The van der Waals surface area contributed by atoms with E-state index >= 15 is 0 Å². The standard InChI is InChI=1S/C20H16N4O4/c1-12-10-17(23-28-12)22-18(14-4-2-6-15(11-14)24(26)27)16-8-7-13-5-3-9-21-19(13)20(16)25/h2-11,18,25H,1H3,(H,22,23). The number of anilines is 1. The molecule has 2 N–H and O–H groups in total. The molecule has 0 bridgehead atoms. The third-order valence-corrected chi connectivity index (χ3v) is 4.42. The highest BCUT2D eigenvalue weighted by Gasteiger charge is 2.22. The van der Waals surface area contributed by atoms with Crippen LogP contribution in [-0.4, -0.2) is 20.2 Å². The van der Waals surface area contributed by atoms with Crippen molar-refractivity contribution in [1.29, 1.82) is 0 Å². The summed E-state index contributed by atoms with van der Waals surface area (Å²) >= 11 is 0. The van der Waals surface area contributed by atoms with Gasteiger partial charge in [0.25, 0.3) is 5.69 Å². The zero-order valence-corrected chi connectivity index (χ0v) is 14.9. The predicted octanol–water partition coefficient (Wildman–Crippen LogP) is 4.35. The quantitative estimate of drug-likeness (QED) is 0.393. The summed E-state index contributed by atoms with van der Waals surface area (Å²) in [6.07, 6.45) is 1.60. The van der Waals surface area contributed by atoms with Crippen molar-refractivity contribution < 1.29 is 14.6 Å². The van der Waals surface area contributed by atoms with Crippen molar-refractivity contribution in [2.45, 2.75) is 13.0 Å². The molecule has 0 radical (unpaired) electrons. The number of hydrogen-bond acceptors (Lipinski definition) is 7. The number of aryl methyl sites for hydroxylation is 1. The first-order valence-electron chi connectivity index (χ1n) is 8.54. The minimum atomic E-state index is -0.601. The topological polar surface area (TPSA) is 114 Å². The van der Waals surface area contributed by atoms with Gasteiger partial charge in [-0.2, -0.15) is 0 Å². The Balaban J connectivity index is 1.87. The van der Waals surface area contributed by atoms with Gasteiger partial charge in [-0.15, -0.1) is 0 Å². The Morgan fingerprint density at radius 1 is 1.18 bits per heavy atom. The van der Waals surface area contributed by atoms with Gasteiger partial charge in [-0.25, -0.2) is 0 Å². The van der Waals surface area contributed by atoms with E-state index in [0.29, 0.717) is 28.2 Å². The van der Waals surface area contributed by atoms with E-state index in [0.717, 1.165) is 5.39 Å². The molecule has 1 atom stereocenters. The van der Waals surface area contributed by atoms with Gasteiger partial charge in [0.15, 0.2) is 5.82 Å². The Morgan fingerprint density at radius 2 is 2.04 bits per heavy atom. The second-order valence-corrected chi connectivity index (χ2v) is 6.33. The molecule has 2 aromatic heterocycles. The van der Waals surface area contributed by atoms with Crippen LogP contribution in [0.25, 0.3) is 10.9 Å². The summed E-state index contributed by atoms with van der Waals surface area (Å²) in [4.78, 5) is 15.0. The second-order valence-electron chi connectivity index (χ2n) is 6.33. The van der Waals surface area contributed by atoms with Crippen LogP contribution in [0, 0.1) is 17.0 Å². The van der Waals surface area contributed by atoms with Gasteiger partial charge in [-0.05, 0) is 18.6 Å². The average Bonchev–Trinajstić information content (AvgIpc) is 3.12. The van der Waals surface area contributed by atoms with Crippen LogP contribution in [0.4, 0.5) is 11.5 Å². The maximum atomic E-state index is 11.2. The summed E-state index contributed by atoms with van der Waals surface area (Å²) in [5, 5.41) is 30.0. The number of phenols is 1. The number of fused-ring (bicyclic) bond motifs is 1. The lowest BCUT2D eigenvalue weighted by Crippen LogP contribution is -2.13. The molecule has 0 saturated heterocycles. The number of aromatic hydroxyl groups is 1. The van der Waals surface area contributed by atoms with Crippen LogP contribution in [0.3, 0.4) is 0 Å². The number of hydrogen-bond donors (Lipinski definition) is 2. The number of aromatic nitrogens is 2. The molecule has 0 saturated carbocycles. The number of nitro benzene ring substituents is 1. The van der Waals surface area contributed by atoms with E-state index in [4.69, 9.17) is 4.52 Å². The van der Waals surface area contributed by atoms with Crippen molar-refractivity contribution in [3.05, 3.63) is 87.8 Å². The van der Waals surface area contributed by atoms with Crippen LogP contribution in [0.5, 0.6) is 5.75 Å². The van der Waals surface area contributed by atoms with Crippen LogP contribution >= 0.6 is 0 Å². The lowest BCUT2D eigenvalue weighted by molar-refractivity contribution is -0.384. The number of rotatable bonds is 5. The summed E-state index contributed by atoms with van der Waals surface area (Å²) in [6.45, 7) is 1.76. The van der Waals surface area contributed by atoms with Crippen molar-refractivity contribution in [2.24, 2.45) is 0 Å². The summed E-state index contributed by atoms with van der Waals surface area (Å²) in [5.74, 6) is 1.07. The van der Waals surface area contributed by atoms with Gasteiger partial charge in [-0.3, -0.25) is 15.1 Å². The van der Waals surface area contributed by atoms with Crippen molar-refractivity contribution >= 4 is 22.4 Å². The van der Waals surface area contributed by atoms with Gasteiger partial charge >= 0.3 is 0 Å². The van der Waals surface area contributed by atoms with Gasteiger partial charge in [0.1, 0.15) is 17.0 Å². The fourth-order valence-corrected chi connectivity index (χ4v) is 3.12. The molecule has 8 heteroatoms. The van der Waals surface area contributed by atoms with Crippen molar-refractivity contribution in [3.63, 3.8) is 0 Å². The number of phenolic OH excluding ortho intramolecular Hbond substituents is 1. The van der Waals surface area contributed by atoms with E-state index in [-0.39, 0.29) is 11.4 Å². The fourth-order valence-electron chi connectivity index (χ4n) is 3.12. The Bertz CT molecular complexity index is 1170. The number of nitrogens with zero attached hydrogens (tertiary/aromatic N) is 3. The van der Waals surface area contributed by atoms with E-state index < -0.39 is 11.0 Å². The molecule has 4 aromatic rings. The highest BCUT2D eigenvalue weighted by atomic mass is 16.6. The number of non-ortho nitro benzene ring substituents is 1. The lowest BCUT2D eigenvalue weighted by atomic mass is 9.96. The van der Waals surface area contributed by atoms with Gasteiger partial charge < -0.3 is 14.9 Å². The number of nitrogens with one attached hydrogen (secondary N) is 1. The molecule has 0 aliphatic rings. The minimum absolute atomic E-state index is 0.00215. The zero-order valence-electron chi connectivity index (χ0n) is 14.9. The van der Waals surface area contributed by atoms with Gasteiger partial charge in [0.05, 0.1) is 11.0 Å². The molecule has 8 nitrogen and oxygen atoms in total. The van der Waals surface area contributed by atoms with Crippen LogP contribution in [-0.2, 0) is 0 Å². The number of nitro groups is 1. The Kier molecular flexibility index (Phi) is 4.36. The smallest absolute Gasteiger partial charge is 0.269 e. The molecular weight excluding hydrogens is 360 g/mol. The normalized spacial score (nSPS) is 12.0. The molecule has 1 unspecified atom stereocenters. The first-order chi connectivity index (χ1) is 13.5. The van der Waals surface area contributed by atoms with Crippen LogP contribution in [0.15, 0.2) is 65.3 Å².